The highest BCUT2D eigenvalue weighted by Gasteiger charge is 2.02. The predicted molar refractivity (Wildman–Crippen MR) is 70.0 cm³/mol. The third-order valence-corrected chi connectivity index (χ3v) is 2.36. The van der Waals surface area contributed by atoms with Crippen molar-refractivity contribution in [2.75, 3.05) is 30.8 Å². The third-order valence-electron chi connectivity index (χ3n) is 2.05. The van der Waals surface area contributed by atoms with E-state index >= 15 is 0 Å². The van der Waals surface area contributed by atoms with Crippen LogP contribution in [-0.2, 0) is 4.74 Å². The SMILES string of the molecule is CC(C)COCCNc1c(N)cccc1Cl. The Morgan fingerprint density at radius 2 is 2.19 bits per heavy atom. The number of nitrogen functional groups attached to an aromatic ring is 1. The average Bonchev–Trinajstić information content (AvgIpc) is 2.21. The summed E-state index contributed by atoms with van der Waals surface area (Å²) in [4.78, 5) is 0. The molecule has 0 aliphatic heterocycles. The number of nitrogens with two attached hydrogens (primary N) is 1. The normalized spacial score (nSPS) is 10.8. The molecule has 0 bridgehead atoms. The fraction of sp³-hybridized carbons (Fsp3) is 0.500. The fourth-order valence-electron chi connectivity index (χ4n) is 1.29. The molecule has 0 heterocycles. The van der Waals surface area contributed by atoms with Crippen molar-refractivity contribution in [3.8, 4) is 0 Å². The second kappa shape index (κ2) is 6.61. The molecule has 1 rings (SSSR count). The quantitative estimate of drug-likeness (QED) is 0.596. The monoisotopic (exact) mass is 242 g/mol. The molecule has 0 saturated carbocycles. The molecule has 1 aromatic carbocycles. The van der Waals surface area contributed by atoms with Crippen LogP contribution in [0, 0.1) is 5.92 Å². The van der Waals surface area contributed by atoms with Crippen LogP contribution in [0.3, 0.4) is 0 Å². The Labute approximate surface area is 102 Å². The molecular weight excluding hydrogens is 224 g/mol. The Bertz CT molecular complexity index is 309. The summed E-state index contributed by atoms with van der Waals surface area (Å²) in [6.45, 7) is 6.39. The van der Waals surface area contributed by atoms with Crippen molar-refractivity contribution in [2.24, 2.45) is 5.92 Å². The molecule has 0 fully saturated rings. The number of nitrogens with one attached hydrogen (secondary N) is 1. The molecule has 1 aromatic rings. The van der Waals surface area contributed by atoms with Crippen molar-refractivity contribution < 1.29 is 4.74 Å². The highest BCUT2D eigenvalue weighted by Crippen LogP contribution is 2.27. The minimum atomic E-state index is 0.561. The maximum atomic E-state index is 6.01. The molecule has 3 N–H and O–H groups in total. The van der Waals surface area contributed by atoms with Crippen molar-refractivity contribution in [3.63, 3.8) is 0 Å². The Balaban J connectivity index is 2.32. The van der Waals surface area contributed by atoms with Crippen LogP contribution in [0.2, 0.25) is 5.02 Å². The highest BCUT2D eigenvalue weighted by molar-refractivity contribution is 6.33. The molecule has 0 atom stereocenters. The van der Waals surface area contributed by atoms with Crippen molar-refractivity contribution >= 4 is 23.0 Å². The summed E-state index contributed by atoms with van der Waals surface area (Å²) in [5.74, 6) is 0.561. The van der Waals surface area contributed by atoms with Crippen LogP contribution in [0.15, 0.2) is 18.2 Å². The van der Waals surface area contributed by atoms with Crippen LogP contribution < -0.4 is 11.1 Å². The first-order valence-electron chi connectivity index (χ1n) is 5.47. The van der Waals surface area contributed by atoms with E-state index in [0.717, 1.165) is 12.3 Å². The highest BCUT2D eigenvalue weighted by atomic mass is 35.5. The van der Waals surface area contributed by atoms with E-state index in [4.69, 9.17) is 22.1 Å². The molecule has 0 amide bonds. The van der Waals surface area contributed by atoms with Gasteiger partial charge < -0.3 is 15.8 Å². The molecule has 0 radical (unpaired) electrons. The van der Waals surface area contributed by atoms with E-state index in [-0.39, 0.29) is 0 Å². The van der Waals surface area contributed by atoms with Gasteiger partial charge in [-0.2, -0.15) is 0 Å². The first-order valence-corrected chi connectivity index (χ1v) is 5.84. The molecule has 0 aliphatic carbocycles. The van der Waals surface area contributed by atoms with Crippen LogP contribution in [0.4, 0.5) is 11.4 Å². The number of halogens is 1. The smallest absolute Gasteiger partial charge is 0.0763 e. The maximum Gasteiger partial charge on any atom is 0.0763 e. The lowest BCUT2D eigenvalue weighted by Gasteiger charge is -2.12. The van der Waals surface area contributed by atoms with Crippen molar-refractivity contribution in [3.05, 3.63) is 23.2 Å². The molecule has 0 aliphatic rings. The summed E-state index contributed by atoms with van der Waals surface area (Å²) in [7, 11) is 0. The first kappa shape index (κ1) is 13.1. The van der Waals surface area contributed by atoms with E-state index < -0.39 is 0 Å². The summed E-state index contributed by atoms with van der Waals surface area (Å²) in [6, 6.07) is 5.47. The van der Waals surface area contributed by atoms with Crippen LogP contribution >= 0.6 is 11.6 Å². The van der Waals surface area contributed by atoms with Crippen molar-refractivity contribution in [2.45, 2.75) is 13.8 Å². The number of ether oxygens (including phenoxy) is 1. The second-order valence-electron chi connectivity index (χ2n) is 4.10. The summed E-state index contributed by atoms with van der Waals surface area (Å²) >= 11 is 6.01. The topological polar surface area (TPSA) is 47.3 Å². The zero-order chi connectivity index (χ0) is 12.0. The maximum absolute atomic E-state index is 6.01. The number of rotatable bonds is 6. The third kappa shape index (κ3) is 4.29. The molecule has 4 heteroatoms. The minimum absolute atomic E-state index is 0.561. The van der Waals surface area contributed by atoms with Gasteiger partial charge in [-0.1, -0.05) is 31.5 Å². The molecule has 0 aromatic heterocycles. The predicted octanol–water partition coefficient (Wildman–Crippen LogP) is 3.01. The largest absolute Gasteiger partial charge is 0.397 e. The Hall–Kier alpha value is -0.930. The number of para-hydroxylation sites is 1. The van der Waals surface area contributed by atoms with E-state index in [9.17, 15) is 0 Å². The molecular formula is C12H19ClN2O. The Morgan fingerprint density at radius 3 is 2.81 bits per heavy atom. The van der Waals surface area contributed by atoms with Crippen molar-refractivity contribution in [1.29, 1.82) is 0 Å². The number of benzene rings is 1. The van der Waals surface area contributed by atoms with Crippen LogP contribution in [0.5, 0.6) is 0 Å². The standard InChI is InChI=1S/C12H19ClN2O/c1-9(2)8-16-7-6-15-12-10(13)4-3-5-11(12)14/h3-5,9,15H,6-8,14H2,1-2H3. The van der Waals surface area contributed by atoms with Crippen LogP contribution in [-0.4, -0.2) is 19.8 Å². The fourth-order valence-corrected chi connectivity index (χ4v) is 1.54. The van der Waals surface area contributed by atoms with Gasteiger partial charge in [-0.15, -0.1) is 0 Å². The lowest BCUT2D eigenvalue weighted by Crippen LogP contribution is -2.13. The van der Waals surface area contributed by atoms with Gasteiger partial charge in [0, 0.05) is 13.2 Å². The van der Waals surface area contributed by atoms with Crippen LogP contribution in [0.1, 0.15) is 13.8 Å². The van der Waals surface area contributed by atoms with Gasteiger partial charge in [0.05, 0.1) is 23.0 Å². The summed E-state index contributed by atoms with van der Waals surface area (Å²) in [5, 5.41) is 3.82. The summed E-state index contributed by atoms with van der Waals surface area (Å²) in [6.07, 6.45) is 0. The summed E-state index contributed by atoms with van der Waals surface area (Å²) < 4.78 is 5.45. The van der Waals surface area contributed by atoms with Gasteiger partial charge in [0.25, 0.3) is 0 Å². The number of hydrogen-bond acceptors (Lipinski definition) is 3. The molecule has 90 valence electrons. The van der Waals surface area contributed by atoms with Gasteiger partial charge >= 0.3 is 0 Å². The number of hydrogen-bond donors (Lipinski definition) is 2. The molecule has 3 nitrogen and oxygen atoms in total. The average molecular weight is 243 g/mol. The van der Waals surface area contributed by atoms with E-state index in [1.54, 1.807) is 0 Å². The summed E-state index contributed by atoms with van der Waals surface area (Å²) in [5.41, 5.74) is 7.25. The van der Waals surface area contributed by atoms with Gasteiger partial charge in [-0.3, -0.25) is 0 Å². The molecule has 0 spiro atoms. The Morgan fingerprint density at radius 1 is 1.44 bits per heavy atom. The lowest BCUT2D eigenvalue weighted by atomic mass is 10.2. The van der Waals surface area contributed by atoms with Gasteiger partial charge in [-0.25, -0.2) is 0 Å². The second-order valence-corrected chi connectivity index (χ2v) is 4.51. The van der Waals surface area contributed by atoms with E-state index in [1.165, 1.54) is 0 Å². The van der Waals surface area contributed by atoms with Gasteiger partial charge in [0.2, 0.25) is 0 Å². The van der Waals surface area contributed by atoms with Crippen molar-refractivity contribution in [1.82, 2.24) is 0 Å². The first-order chi connectivity index (χ1) is 7.61. The van der Waals surface area contributed by atoms with Gasteiger partial charge in [0.15, 0.2) is 0 Å². The van der Waals surface area contributed by atoms with E-state index in [2.05, 4.69) is 19.2 Å². The van der Waals surface area contributed by atoms with Gasteiger partial charge in [-0.05, 0) is 18.1 Å². The van der Waals surface area contributed by atoms with Crippen LogP contribution in [0.25, 0.3) is 0 Å². The molecule has 16 heavy (non-hydrogen) atoms. The zero-order valence-electron chi connectivity index (χ0n) is 9.79. The Kier molecular flexibility index (Phi) is 5.43. The molecule has 0 saturated heterocycles. The zero-order valence-corrected chi connectivity index (χ0v) is 10.6. The number of anilines is 2. The van der Waals surface area contributed by atoms with E-state index in [0.29, 0.717) is 29.8 Å². The van der Waals surface area contributed by atoms with E-state index in [1.807, 2.05) is 18.2 Å². The van der Waals surface area contributed by atoms with Gasteiger partial charge in [0.1, 0.15) is 0 Å². The molecule has 0 unspecified atom stereocenters. The lowest BCUT2D eigenvalue weighted by molar-refractivity contribution is 0.118. The minimum Gasteiger partial charge on any atom is -0.397 e.